The SMILES string of the molecule is C[C-]1CCCNC1.[Ru+]. The molecule has 1 nitrogen and oxygen atoms in total. The predicted octanol–water partition coefficient (Wildman–Crippen LogP) is 0.962. The van der Waals surface area contributed by atoms with Crippen LogP contribution in [0.3, 0.4) is 0 Å². The number of nitrogens with one attached hydrogen (secondary N) is 1. The van der Waals surface area contributed by atoms with Gasteiger partial charge in [0.05, 0.1) is 0 Å². The molecule has 49 valence electrons. The summed E-state index contributed by atoms with van der Waals surface area (Å²) in [6.07, 6.45) is 2.68. The third kappa shape index (κ3) is 2.79. The molecule has 0 aliphatic carbocycles. The molecule has 1 heterocycles. The van der Waals surface area contributed by atoms with Crippen LogP contribution in [0, 0.1) is 5.92 Å². The molecule has 0 atom stereocenters. The van der Waals surface area contributed by atoms with Crippen LogP contribution in [0.4, 0.5) is 0 Å². The Balaban J connectivity index is 0.000000490. The Morgan fingerprint density at radius 2 is 2.25 bits per heavy atom. The van der Waals surface area contributed by atoms with Crippen LogP contribution >= 0.6 is 0 Å². The van der Waals surface area contributed by atoms with Crippen LogP contribution in [0.15, 0.2) is 0 Å². The van der Waals surface area contributed by atoms with Gasteiger partial charge in [0.15, 0.2) is 0 Å². The number of rotatable bonds is 0. The second-order valence-corrected chi connectivity index (χ2v) is 2.24. The van der Waals surface area contributed by atoms with Crippen molar-refractivity contribution in [2.45, 2.75) is 19.8 Å². The zero-order valence-electron chi connectivity index (χ0n) is 5.18. The maximum absolute atomic E-state index is 3.30. The van der Waals surface area contributed by atoms with Gasteiger partial charge >= 0.3 is 19.5 Å². The standard InChI is InChI=1S/C6H12N.Ru/c1-6-3-2-4-7-5-6;/h7H,2-5H2,1H3;/q-1;+1. The molecule has 0 amide bonds. The Bertz CT molecular complexity index is 50.5. The van der Waals surface area contributed by atoms with Gasteiger partial charge in [-0.1, -0.05) is 6.42 Å². The molecule has 1 saturated heterocycles. The molecule has 0 aromatic carbocycles. The minimum Gasteiger partial charge on any atom is -0.346 e. The van der Waals surface area contributed by atoms with E-state index in [4.69, 9.17) is 0 Å². The zero-order valence-corrected chi connectivity index (χ0v) is 6.92. The van der Waals surface area contributed by atoms with Crippen LogP contribution < -0.4 is 5.32 Å². The number of piperidine rings is 1. The molecule has 1 fully saturated rings. The van der Waals surface area contributed by atoms with E-state index in [1.165, 1.54) is 19.4 Å². The van der Waals surface area contributed by atoms with E-state index >= 15 is 0 Å². The molecule has 1 aliphatic rings. The Labute approximate surface area is 64.0 Å². The van der Waals surface area contributed by atoms with Gasteiger partial charge in [0.1, 0.15) is 0 Å². The van der Waals surface area contributed by atoms with Crippen molar-refractivity contribution in [1.29, 1.82) is 0 Å². The Kier molecular flexibility index (Phi) is 4.79. The molecule has 8 heavy (non-hydrogen) atoms. The van der Waals surface area contributed by atoms with Gasteiger partial charge in [-0.25, -0.2) is 0 Å². The van der Waals surface area contributed by atoms with Crippen molar-refractivity contribution in [2.75, 3.05) is 13.1 Å². The summed E-state index contributed by atoms with van der Waals surface area (Å²) in [7, 11) is 0. The molecule has 0 unspecified atom stereocenters. The fourth-order valence-corrected chi connectivity index (χ4v) is 0.905. The molecule has 0 aromatic rings. The van der Waals surface area contributed by atoms with E-state index in [-0.39, 0.29) is 19.5 Å². The summed E-state index contributed by atoms with van der Waals surface area (Å²) in [6, 6.07) is 0. The molecule has 1 rings (SSSR count). The van der Waals surface area contributed by atoms with Gasteiger partial charge in [0.2, 0.25) is 0 Å². The van der Waals surface area contributed by atoms with Gasteiger partial charge in [-0.2, -0.15) is 13.3 Å². The van der Waals surface area contributed by atoms with Crippen LogP contribution in [-0.4, -0.2) is 13.1 Å². The largest absolute Gasteiger partial charge is 1.00 e. The molecule has 0 saturated carbocycles. The molecule has 1 N–H and O–H groups in total. The topological polar surface area (TPSA) is 12.0 Å². The fraction of sp³-hybridized carbons (Fsp3) is 0.833. The average Bonchev–Trinajstić information content (AvgIpc) is 1.69. The quantitative estimate of drug-likeness (QED) is 0.452. The third-order valence-corrected chi connectivity index (χ3v) is 1.38. The molecular formula is C6H12NRu. The van der Waals surface area contributed by atoms with E-state index in [0.29, 0.717) is 0 Å². The second kappa shape index (κ2) is 4.46. The van der Waals surface area contributed by atoms with E-state index in [1.54, 1.807) is 5.92 Å². The molecule has 2 heteroatoms. The van der Waals surface area contributed by atoms with Crippen LogP contribution in [0.2, 0.25) is 0 Å². The Morgan fingerprint density at radius 1 is 1.50 bits per heavy atom. The van der Waals surface area contributed by atoms with Crippen molar-refractivity contribution in [2.24, 2.45) is 0 Å². The summed E-state index contributed by atoms with van der Waals surface area (Å²) in [6.45, 7) is 4.59. The summed E-state index contributed by atoms with van der Waals surface area (Å²) >= 11 is 0. The van der Waals surface area contributed by atoms with Gasteiger partial charge in [-0.15, -0.1) is 6.54 Å². The second-order valence-electron chi connectivity index (χ2n) is 2.24. The van der Waals surface area contributed by atoms with Gasteiger partial charge in [0, 0.05) is 0 Å². The molecule has 0 spiro atoms. The first-order valence-electron chi connectivity index (χ1n) is 2.91. The van der Waals surface area contributed by atoms with Crippen LogP contribution in [0.1, 0.15) is 19.8 Å². The molecule has 1 radical (unpaired) electrons. The van der Waals surface area contributed by atoms with Gasteiger partial charge in [-0.05, 0) is 6.54 Å². The van der Waals surface area contributed by atoms with Crippen LogP contribution in [0.5, 0.6) is 0 Å². The van der Waals surface area contributed by atoms with E-state index in [0.717, 1.165) is 6.54 Å². The van der Waals surface area contributed by atoms with Crippen molar-refractivity contribution >= 4 is 0 Å². The first-order chi connectivity index (χ1) is 3.39. The Hall–Kier alpha value is 0.583. The molecule has 1 aliphatic heterocycles. The van der Waals surface area contributed by atoms with Gasteiger partial charge < -0.3 is 11.2 Å². The van der Waals surface area contributed by atoms with Crippen LogP contribution in [0.25, 0.3) is 0 Å². The van der Waals surface area contributed by atoms with Gasteiger partial charge in [-0.3, -0.25) is 0 Å². The summed E-state index contributed by atoms with van der Waals surface area (Å²) in [5.41, 5.74) is 0. The van der Waals surface area contributed by atoms with E-state index in [1.807, 2.05) is 0 Å². The maximum Gasteiger partial charge on any atom is 1.00 e. The van der Waals surface area contributed by atoms with Crippen molar-refractivity contribution in [1.82, 2.24) is 5.32 Å². The van der Waals surface area contributed by atoms with E-state index in [9.17, 15) is 0 Å². The monoisotopic (exact) mass is 200 g/mol. The molecule has 0 aromatic heterocycles. The van der Waals surface area contributed by atoms with Crippen LogP contribution in [-0.2, 0) is 19.5 Å². The minimum atomic E-state index is 0. The average molecular weight is 199 g/mol. The summed E-state index contributed by atoms with van der Waals surface area (Å²) in [4.78, 5) is 0. The predicted molar refractivity (Wildman–Crippen MR) is 31.0 cm³/mol. The first kappa shape index (κ1) is 8.58. The normalized spacial score (nSPS) is 22.1. The number of hydrogen-bond donors (Lipinski definition) is 1. The van der Waals surface area contributed by atoms with Gasteiger partial charge in [0.25, 0.3) is 0 Å². The Morgan fingerprint density at radius 3 is 2.50 bits per heavy atom. The summed E-state index contributed by atoms with van der Waals surface area (Å²) in [5.74, 6) is 1.60. The maximum atomic E-state index is 3.30. The van der Waals surface area contributed by atoms with Crippen molar-refractivity contribution in [3.05, 3.63) is 5.92 Å². The van der Waals surface area contributed by atoms with E-state index < -0.39 is 0 Å². The minimum absolute atomic E-state index is 0. The molecular weight excluding hydrogens is 187 g/mol. The summed E-state index contributed by atoms with van der Waals surface area (Å²) in [5, 5.41) is 3.30. The number of hydrogen-bond acceptors (Lipinski definition) is 1. The fourth-order valence-electron chi connectivity index (χ4n) is 0.905. The van der Waals surface area contributed by atoms with E-state index in [2.05, 4.69) is 12.2 Å². The van der Waals surface area contributed by atoms with Crippen molar-refractivity contribution < 1.29 is 19.5 Å². The zero-order chi connectivity index (χ0) is 5.11. The summed E-state index contributed by atoms with van der Waals surface area (Å²) < 4.78 is 0. The smallest absolute Gasteiger partial charge is 0.346 e. The van der Waals surface area contributed by atoms with Crippen molar-refractivity contribution in [3.8, 4) is 0 Å². The third-order valence-electron chi connectivity index (χ3n) is 1.38. The molecule has 0 bridgehead atoms. The van der Waals surface area contributed by atoms with Crippen molar-refractivity contribution in [3.63, 3.8) is 0 Å². The first-order valence-corrected chi connectivity index (χ1v) is 2.91.